The van der Waals surface area contributed by atoms with E-state index in [0.717, 1.165) is 74.2 Å². The van der Waals surface area contributed by atoms with Crippen molar-refractivity contribution in [3.8, 4) is 0 Å². The Morgan fingerprint density at radius 1 is 0.931 bits per heavy atom. The number of aromatic nitrogens is 1. The van der Waals surface area contributed by atoms with Gasteiger partial charge in [-0.2, -0.15) is 11.8 Å². The summed E-state index contributed by atoms with van der Waals surface area (Å²) in [5.74, 6) is -0.715. The molecular weight excluding hydrogens is 773 g/mol. The third-order valence-corrected chi connectivity index (χ3v) is 14.9. The lowest BCUT2D eigenvalue weighted by molar-refractivity contribution is -0.140. The second kappa shape index (κ2) is 22.9. The normalized spacial score (nSPS) is 22.5. The van der Waals surface area contributed by atoms with Crippen LogP contribution in [0.25, 0.3) is 0 Å². The number of thioether (sulfide) groups is 2. The average molecular weight is 839 g/mol. The Bertz CT molecular complexity index is 1630. The van der Waals surface area contributed by atoms with E-state index in [1.54, 1.807) is 30.1 Å². The molecule has 3 fully saturated rings. The van der Waals surface area contributed by atoms with Crippen LogP contribution in [0.4, 0.5) is 4.79 Å². The maximum Gasteiger partial charge on any atom is 0.315 e. The first kappa shape index (κ1) is 45.7. The van der Waals surface area contributed by atoms with Gasteiger partial charge in [-0.15, -0.1) is 11.8 Å². The third kappa shape index (κ3) is 12.8. The van der Waals surface area contributed by atoms with Crippen molar-refractivity contribution in [3.05, 3.63) is 59.9 Å². The molecule has 320 valence electrons. The van der Waals surface area contributed by atoms with Gasteiger partial charge in [0.1, 0.15) is 12.1 Å². The third-order valence-electron chi connectivity index (χ3n) is 12.2. The number of pyridine rings is 1. The first-order valence-electron chi connectivity index (χ1n) is 21.5. The number of hydrogen-bond acceptors (Lipinski definition) is 9. The highest BCUT2D eigenvalue weighted by molar-refractivity contribution is 8.00. The highest BCUT2D eigenvalue weighted by Crippen LogP contribution is 2.34. The van der Waals surface area contributed by atoms with Crippen molar-refractivity contribution in [1.82, 2.24) is 31.6 Å². The first-order chi connectivity index (χ1) is 28.0. The maximum absolute atomic E-state index is 14.1. The first-order valence-corrected chi connectivity index (χ1v) is 23.6. The molecule has 7 N–H and O–H groups in total. The summed E-state index contributed by atoms with van der Waals surface area (Å²) in [5.41, 5.74) is 1.21. The molecule has 1 aromatic carbocycles. The standard InChI is InChI=1S/C44H66N6O6S2/c1-5-28(4)37(43(55)46-25-30-18-13-14-22-45-30)49-42(54)36(27(2)3)40(52)39(51)32(24-29-16-8-6-9-17-29)47-41(53)31-19-11-12-20-34(31)57-23-15-7-10-21-35-38-33(26-58-35)48-44(56)50-38/h11-14,18-20,22,27-29,32-33,35-40,51-52H,5-10,15-17,21,23-26H2,1-4H3,(H,46,55)(H,47,53)(H,49,54)(H2,48,50,56)/t28-,32-,33-,35-,36+,37-,38-,39+,40+/m0/s1. The van der Waals surface area contributed by atoms with Crippen LogP contribution in [-0.2, 0) is 16.1 Å². The van der Waals surface area contributed by atoms with E-state index in [1.165, 1.54) is 0 Å². The summed E-state index contributed by atoms with van der Waals surface area (Å²) in [5, 5.41) is 39.3. The Hall–Kier alpha value is -3.33. The molecule has 0 unspecified atom stereocenters. The van der Waals surface area contributed by atoms with Crippen molar-refractivity contribution in [2.45, 2.75) is 151 Å². The smallest absolute Gasteiger partial charge is 0.315 e. The zero-order valence-electron chi connectivity index (χ0n) is 34.7. The van der Waals surface area contributed by atoms with Gasteiger partial charge in [0.05, 0.1) is 47.9 Å². The fraction of sp³-hybridized carbons (Fsp3) is 0.659. The van der Waals surface area contributed by atoms with Gasteiger partial charge >= 0.3 is 6.03 Å². The molecular formula is C44H66N6O6S2. The summed E-state index contributed by atoms with van der Waals surface area (Å²) in [6.07, 6.45) is 9.31. The number of benzene rings is 1. The summed E-state index contributed by atoms with van der Waals surface area (Å²) < 4.78 is 0. The fourth-order valence-electron chi connectivity index (χ4n) is 8.59. The van der Waals surface area contributed by atoms with E-state index in [2.05, 4.69) is 31.6 Å². The lowest BCUT2D eigenvalue weighted by atomic mass is 9.79. The minimum atomic E-state index is -1.50. The molecule has 5 amide bonds. The number of aliphatic hydroxyl groups is 2. The van der Waals surface area contributed by atoms with Gasteiger partial charge in [0.15, 0.2) is 0 Å². The zero-order chi connectivity index (χ0) is 41.6. The van der Waals surface area contributed by atoms with E-state index in [0.29, 0.717) is 29.3 Å². The quantitative estimate of drug-likeness (QED) is 0.0438. The summed E-state index contributed by atoms with van der Waals surface area (Å²) in [4.78, 5) is 58.4. The Kier molecular flexibility index (Phi) is 18.0. The number of urea groups is 1. The Balaban J connectivity index is 1.21. The lowest BCUT2D eigenvalue weighted by Gasteiger charge is -2.36. The van der Waals surface area contributed by atoms with Gasteiger partial charge in [-0.25, -0.2) is 4.79 Å². The van der Waals surface area contributed by atoms with Gasteiger partial charge in [0, 0.05) is 22.1 Å². The van der Waals surface area contributed by atoms with Crippen LogP contribution in [0.2, 0.25) is 0 Å². The molecule has 3 aliphatic rings. The topological polar surface area (TPSA) is 182 Å². The Morgan fingerprint density at radius 2 is 1.69 bits per heavy atom. The van der Waals surface area contributed by atoms with E-state index >= 15 is 0 Å². The number of nitrogens with zero attached hydrogens (tertiary/aromatic N) is 1. The van der Waals surface area contributed by atoms with Crippen LogP contribution in [0.15, 0.2) is 53.6 Å². The van der Waals surface area contributed by atoms with Gasteiger partial charge in [-0.05, 0) is 67.0 Å². The number of unbranched alkanes of at least 4 members (excludes halogenated alkanes) is 2. The molecule has 2 aliphatic heterocycles. The number of fused-ring (bicyclic) bond motifs is 1. The molecule has 0 spiro atoms. The van der Waals surface area contributed by atoms with Gasteiger partial charge in [-0.3, -0.25) is 19.4 Å². The van der Waals surface area contributed by atoms with Crippen molar-refractivity contribution < 1.29 is 29.4 Å². The van der Waals surface area contributed by atoms with Crippen LogP contribution in [-0.4, -0.2) is 92.1 Å². The molecule has 0 radical (unpaired) electrons. The molecule has 14 heteroatoms. The van der Waals surface area contributed by atoms with Crippen LogP contribution in [0, 0.1) is 23.7 Å². The maximum atomic E-state index is 14.1. The predicted molar refractivity (Wildman–Crippen MR) is 231 cm³/mol. The zero-order valence-corrected chi connectivity index (χ0v) is 36.3. The number of rotatable bonds is 22. The van der Waals surface area contributed by atoms with E-state index < -0.39 is 36.1 Å². The molecule has 58 heavy (non-hydrogen) atoms. The molecule has 9 atom stereocenters. The molecule has 1 aromatic heterocycles. The molecule has 1 aliphatic carbocycles. The van der Waals surface area contributed by atoms with Gasteiger partial charge in [0.25, 0.3) is 5.91 Å². The van der Waals surface area contributed by atoms with Crippen molar-refractivity contribution in [2.75, 3.05) is 11.5 Å². The second-order valence-corrected chi connectivity index (χ2v) is 19.2. The number of nitrogens with one attached hydrogen (secondary N) is 5. The Morgan fingerprint density at radius 3 is 2.41 bits per heavy atom. The lowest BCUT2D eigenvalue weighted by Crippen LogP contribution is -2.57. The van der Waals surface area contributed by atoms with Crippen molar-refractivity contribution >= 4 is 47.3 Å². The van der Waals surface area contributed by atoms with Crippen LogP contribution in [0.3, 0.4) is 0 Å². The predicted octanol–water partition coefficient (Wildman–Crippen LogP) is 5.81. The summed E-state index contributed by atoms with van der Waals surface area (Å²) in [7, 11) is 0. The van der Waals surface area contributed by atoms with Crippen LogP contribution in [0.5, 0.6) is 0 Å². The molecule has 12 nitrogen and oxygen atoms in total. The highest BCUT2D eigenvalue weighted by atomic mass is 32.2. The van der Waals surface area contributed by atoms with E-state index in [4.69, 9.17) is 0 Å². The molecule has 2 saturated heterocycles. The van der Waals surface area contributed by atoms with Gasteiger partial charge in [0.2, 0.25) is 11.8 Å². The second-order valence-electron chi connectivity index (χ2n) is 16.8. The van der Waals surface area contributed by atoms with Crippen LogP contribution >= 0.6 is 23.5 Å². The Labute approximate surface area is 353 Å². The van der Waals surface area contributed by atoms with Gasteiger partial charge in [-0.1, -0.05) is 97.3 Å². The summed E-state index contributed by atoms with van der Waals surface area (Å²) in [6.45, 7) is 7.69. The molecule has 1 saturated carbocycles. The van der Waals surface area contributed by atoms with E-state index in [-0.39, 0.29) is 54.2 Å². The number of hydrogen-bond donors (Lipinski definition) is 7. The molecule has 5 rings (SSSR count). The minimum absolute atomic E-state index is 0.0564. The number of carbonyl (C=O) groups is 4. The molecule has 0 bridgehead atoms. The van der Waals surface area contributed by atoms with Crippen molar-refractivity contribution in [3.63, 3.8) is 0 Å². The molecule has 3 heterocycles. The van der Waals surface area contributed by atoms with Crippen molar-refractivity contribution in [1.29, 1.82) is 0 Å². The van der Waals surface area contributed by atoms with Crippen LogP contribution < -0.4 is 26.6 Å². The van der Waals surface area contributed by atoms with Crippen LogP contribution in [0.1, 0.15) is 114 Å². The largest absolute Gasteiger partial charge is 0.390 e. The molecule has 2 aromatic rings. The van der Waals surface area contributed by atoms with Gasteiger partial charge < -0.3 is 36.8 Å². The summed E-state index contributed by atoms with van der Waals surface area (Å²) in [6, 6.07) is 11.7. The number of carbonyl (C=O) groups excluding carboxylic acids is 4. The fourth-order valence-corrected chi connectivity index (χ4v) is 11.2. The minimum Gasteiger partial charge on any atom is -0.390 e. The van der Waals surface area contributed by atoms with E-state index in [1.807, 2.05) is 69.8 Å². The number of aliphatic hydroxyl groups excluding tert-OH is 2. The average Bonchev–Trinajstić information content (AvgIpc) is 3.79. The van der Waals surface area contributed by atoms with E-state index in [9.17, 15) is 29.4 Å². The number of amides is 5. The highest BCUT2D eigenvalue weighted by Gasteiger charge is 2.43. The monoisotopic (exact) mass is 838 g/mol. The summed E-state index contributed by atoms with van der Waals surface area (Å²) >= 11 is 3.58. The SMILES string of the molecule is CC[C@H](C)[C@H](NC(=O)[C@H](C(C)C)[C@@H](O)[C@H](O)[C@H](CC1CCCCC1)NC(=O)c1ccccc1SCCCCC[C@@H]1SC[C@@H]2NC(=O)N[C@@H]21)C(=O)NCc1ccccn1. The van der Waals surface area contributed by atoms with Crippen molar-refractivity contribution in [2.24, 2.45) is 23.7 Å².